The molecule has 1 aromatic carbocycles. The Bertz CT molecular complexity index is 534. The summed E-state index contributed by atoms with van der Waals surface area (Å²) in [5.74, 6) is 0.185. The third kappa shape index (κ3) is 3.21. The maximum absolute atomic E-state index is 12.2. The molecule has 0 spiro atoms. The van der Waals surface area contributed by atoms with Gasteiger partial charge in [0.05, 0.1) is 0 Å². The minimum Gasteiger partial charge on any atom is -0.294 e. The second kappa shape index (κ2) is 5.85. The van der Waals surface area contributed by atoms with Gasteiger partial charge in [0, 0.05) is 31.6 Å². The summed E-state index contributed by atoms with van der Waals surface area (Å²) >= 11 is 6.63. The summed E-state index contributed by atoms with van der Waals surface area (Å²) in [6.07, 6.45) is 2.47. The van der Waals surface area contributed by atoms with Crippen LogP contribution in [0.1, 0.15) is 15.2 Å². The van der Waals surface area contributed by atoms with Gasteiger partial charge in [0.2, 0.25) is 0 Å². The molecule has 0 fully saturated rings. The quantitative estimate of drug-likeness (QED) is 0.600. The molecule has 2 aromatic rings. The van der Waals surface area contributed by atoms with E-state index < -0.39 is 0 Å². The minimum atomic E-state index is 0.185. The first kappa shape index (κ1) is 12.9. The van der Waals surface area contributed by atoms with Crippen LogP contribution >= 0.6 is 39.0 Å². The summed E-state index contributed by atoms with van der Waals surface area (Å²) in [5.41, 5.74) is 0.824. The summed E-state index contributed by atoms with van der Waals surface area (Å²) < 4.78 is 1.04. The number of ketones is 1. The first-order valence-corrected chi connectivity index (χ1v) is 7.99. The molecular weight excluding hydrogens is 316 g/mol. The first-order chi connectivity index (χ1) is 8.20. The van der Waals surface area contributed by atoms with Crippen molar-refractivity contribution in [3.8, 4) is 0 Å². The first-order valence-electron chi connectivity index (χ1n) is 5.10. The highest BCUT2D eigenvalue weighted by Crippen LogP contribution is 2.24. The standard InChI is InChI=1S/C13H11BrOS2/c1-16-13-5-3-2-4-11(13)12(15)7-10-6-9(14)8-17-10/h2-6,8H,7H2,1H3. The van der Waals surface area contributed by atoms with Crippen molar-refractivity contribution in [1.29, 1.82) is 0 Å². The molecule has 88 valence electrons. The number of benzene rings is 1. The van der Waals surface area contributed by atoms with Crippen LogP contribution in [0.15, 0.2) is 45.1 Å². The molecule has 2 rings (SSSR count). The van der Waals surface area contributed by atoms with Gasteiger partial charge in [-0.2, -0.15) is 0 Å². The van der Waals surface area contributed by atoms with Crippen molar-refractivity contribution in [3.05, 3.63) is 50.6 Å². The van der Waals surface area contributed by atoms with Gasteiger partial charge >= 0.3 is 0 Å². The van der Waals surface area contributed by atoms with Gasteiger partial charge in [-0.25, -0.2) is 0 Å². The van der Waals surface area contributed by atoms with Gasteiger partial charge in [0.15, 0.2) is 5.78 Å². The zero-order valence-electron chi connectivity index (χ0n) is 9.27. The minimum absolute atomic E-state index is 0.185. The Morgan fingerprint density at radius 1 is 1.41 bits per heavy atom. The second-order valence-electron chi connectivity index (χ2n) is 3.53. The molecule has 0 radical (unpaired) electrons. The van der Waals surface area contributed by atoms with Crippen LogP contribution in [0.2, 0.25) is 0 Å². The van der Waals surface area contributed by atoms with Crippen LogP contribution in [0.5, 0.6) is 0 Å². The lowest BCUT2D eigenvalue weighted by atomic mass is 10.1. The van der Waals surface area contributed by atoms with Crippen LogP contribution in [0.25, 0.3) is 0 Å². The van der Waals surface area contributed by atoms with Crippen molar-refractivity contribution in [1.82, 2.24) is 0 Å². The molecule has 1 aromatic heterocycles. The molecule has 0 saturated carbocycles. The molecule has 0 saturated heterocycles. The molecule has 0 aliphatic rings. The fourth-order valence-electron chi connectivity index (χ4n) is 1.57. The molecule has 0 amide bonds. The normalized spacial score (nSPS) is 10.5. The summed E-state index contributed by atoms with van der Waals surface area (Å²) in [7, 11) is 0. The summed E-state index contributed by atoms with van der Waals surface area (Å²) in [6.45, 7) is 0. The molecule has 0 unspecified atom stereocenters. The van der Waals surface area contributed by atoms with E-state index in [1.807, 2.05) is 42.0 Å². The van der Waals surface area contributed by atoms with Gasteiger partial charge in [-0.05, 0) is 34.3 Å². The predicted molar refractivity (Wildman–Crippen MR) is 78.3 cm³/mol. The van der Waals surface area contributed by atoms with E-state index >= 15 is 0 Å². The fourth-order valence-corrected chi connectivity index (χ4v) is 3.64. The average molecular weight is 327 g/mol. The summed E-state index contributed by atoms with van der Waals surface area (Å²) in [4.78, 5) is 14.3. The monoisotopic (exact) mass is 326 g/mol. The van der Waals surface area contributed by atoms with Crippen molar-refractivity contribution < 1.29 is 4.79 Å². The van der Waals surface area contributed by atoms with Gasteiger partial charge in [-0.15, -0.1) is 23.1 Å². The van der Waals surface area contributed by atoms with E-state index in [9.17, 15) is 4.79 Å². The third-order valence-corrected chi connectivity index (χ3v) is 4.86. The van der Waals surface area contributed by atoms with Crippen LogP contribution in [-0.2, 0) is 6.42 Å². The van der Waals surface area contributed by atoms with Crippen molar-refractivity contribution in [2.24, 2.45) is 0 Å². The van der Waals surface area contributed by atoms with E-state index in [2.05, 4.69) is 15.9 Å². The number of carbonyl (C=O) groups excluding carboxylic acids is 1. The largest absolute Gasteiger partial charge is 0.294 e. The summed E-state index contributed by atoms with van der Waals surface area (Å²) in [6, 6.07) is 9.77. The van der Waals surface area contributed by atoms with Crippen molar-refractivity contribution in [2.45, 2.75) is 11.3 Å². The number of halogens is 1. The molecule has 1 nitrogen and oxygen atoms in total. The van der Waals surface area contributed by atoms with E-state index in [0.717, 1.165) is 19.8 Å². The molecule has 17 heavy (non-hydrogen) atoms. The van der Waals surface area contributed by atoms with Crippen LogP contribution in [0.4, 0.5) is 0 Å². The topological polar surface area (TPSA) is 17.1 Å². The number of thioether (sulfide) groups is 1. The number of thiophene rings is 1. The maximum atomic E-state index is 12.2. The van der Waals surface area contributed by atoms with Gasteiger partial charge in [-0.3, -0.25) is 4.79 Å². The van der Waals surface area contributed by atoms with Crippen molar-refractivity contribution >= 4 is 44.8 Å². The number of hydrogen-bond acceptors (Lipinski definition) is 3. The number of rotatable bonds is 4. The Labute approximate surface area is 117 Å². The van der Waals surface area contributed by atoms with E-state index in [0.29, 0.717) is 6.42 Å². The Morgan fingerprint density at radius 3 is 2.82 bits per heavy atom. The zero-order chi connectivity index (χ0) is 12.3. The van der Waals surface area contributed by atoms with Crippen LogP contribution in [-0.4, -0.2) is 12.0 Å². The van der Waals surface area contributed by atoms with Crippen LogP contribution < -0.4 is 0 Å². The van der Waals surface area contributed by atoms with Crippen LogP contribution in [0.3, 0.4) is 0 Å². The summed E-state index contributed by atoms with van der Waals surface area (Å²) in [5, 5.41) is 2.00. The van der Waals surface area contributed by atoms with E-state index in [4.69, 9.17) is 0 Å². The number of hydrogen-bond donors (Lipinski definition) is 0. The van der Waals surface area contributed by atoms with E-state index in [-0.39, 0.29) is 5.78 Å². The molecule has 1 heterocycles. The molecule has 0 atom stereocenters. The molecule has 0 N–H and O–H groups in total. The Balaban J connectivity index is 2.20. The van der Waals surface area contributed by atoms with Gasteiger partial charge in [-0.1, -0.05) is 18.2 Å². The van der Waals surface area contributed by atoms with Gasteiger partial charge in [0.1, 0.15) is 0 Å². The van der Waals surface area contributed by atoms with Crippen LogP contribution in [0, 0.1) is 0 Å². The lowest BCUT2D eigenvalue weighted by Gasteiger charge is -2.04. The Morgan fingerprint density at radius 2 is 2.18 bits per heavy atom. The SMILES string of the molecule is CSc1ccccc1C(=O)Cc1cc(Br)cs1. The number of Topliss-reactive ketones (excluding diaryl/α,β-unsaturated/α-hetero) is 1. The molecule has 4 heteroatoms. The average Bonchev–Trinajstić information content (AvgIpc) is 2.74. The zero-order valence-corrected chi connectivity index (χ0v) is 12.5. The lowest BCUT2D eigenvalue weighted by Crippen LogP contribution is -2.03. The van der Waals surface area contributed by atoms with Crippen molar-refractivity contribution in [2.75, 3.05) is 6.26 Å². The highest BCUT2D eigenvalue weighted by Gasteiger charge is 2.12. The molecular formula is C13H11BrOS2. The highest BCUT2D eigenvalue weighted by molar-refractivity contribution is 9.10. The molecule has 0 aliphatic heterocycles. The Kier molecular flexibility index (Phi) is 4.42. The third-order valence-electron chi connectivity index (χ3n) is 2.36. The van der Waals surface area contributed by atoms with E-state index in [1.165, 1.54) is 0 Å². The van der Waals surface area contributed by atoms with Gasteiger partial charge < -0.3 is 0 Å². The maximum Gasteiger partial charge on any atom is 0.169 e. The molecule has 0 aliphatic carbocycles. The van der Waals surface area contributed by atoms with Crippen molar-refractivity contribution in [3.63, 3.8) is 0 Å². The smallest absolute Gasteiger partial charge is 0.169 e. The predicted octanol–water partition coefficient (Wildman–Crippen LogP) is 4.66. The van der Waals surface area contributed by atoms with E-state index in [1.54, 1.807) is 23.1 Å². The molecule has 0 bridgehead atoms. The highest BCUT2D eigenvalue weighted by atomic mass is 79.9. The second-order valence-corrected chi connectivity index (χ2v) is 6.29. The fraction of sp³-hybridized carbons (Fsp3) is 0.154. The van der Waals surface area contributed by atoms with Gasteiger partial charge in [0.25, 0.3) is 0 Å². The lowest BCUT2D eigenvalue weighted by molar-refractivity contribution is 0.0991. The Hall–Kier alpha value is -0.580. The number of carbonyl (C=O) groups is 1.